The first-order valence-corrected chi connectivity index (χ1v) is 8.59. The monoisotopic (exact) mass is 330 g/mol. The molecule has 1 aliphatic heterocycles. The van der Waals surface area contributed by atoms with Gasteiger partial charge in [-0.15, -0.1) is 22.7 Å². The van der Waals surface area contributed by atoms with Gasteiger partial charge in [0.05, 0.1) is 10.6 Å². The predicted octanol–water partition coefficient (Wildman–Crippen LogP) is 4.56. The number of halogens is 1. The van der Waals surface area contributed by atoms with Crippen LogP contribution in [0, 0.1) is 5.82 Å². The van der Waals surface area contributed by atoms with E-state index in [0.717, 1.165) is 15.4 Å². The van der Waals surface area contributed by atoms with Crippen molar-refractivity contribution < 1.29 is 9.18 Å². The molecule has 110 valence electrons. The lowest BCUT2D eigenvalue weighted by Gasteiger charge is -2.17. The SMILES string of the molecule is O=C1CCc2cc(-c3csc(-c4cccs4)n3)c(F)cc2N1. The molecule has 0 atom stereocenters. The molecule has 3 heterocycles. The number of hydrogen-bond donors (Lipinski definition) is 1. The minimum atomic E-state index is -0.357. The molecule has 3 nitrogen and oxygen atoms in total. The van der Waals surface area contributed by atoms with Crippen molar-refractivity contribution in [2.45, 2.75) is 12.8 Å². The predicted molar refractivity (Wildman–Crippen MR) is 87.8 cm³/mol. The summed E-state index contributed by atoms with van der Waals surface area (Å²) in [5.41, 5.74) is 2.67. The molecule has 1 amide bonds. The van der Waals surface area contributed by atoms with Crippen molar-refractivity contribution in [3.63, 3.8) is 0 Å². The fourth-order valence-corrected chi connectivity index (χ4v) is 4.14. The molecule has 0 saturated carbocycles. The number of thiazole rings is 1. The Labute approximate surface area is 134 Å². The first kappa shape index (κ1) is 13.6. The molecule has 2 aromatic heterocycles. The highest BCUT2D eigenvalue weighted by molar-refractivity contribution is 7.20. The molecule has 0 saturated heterocycles. The number of fused-ring (bicyclic) bond motifs is 1. The third-order valence-electron chi connectivity index (χ3n) is 3.60. The normalized spacial score (nSPS) is 13.8. The summed E-state index contributed by atoms with van der Waals surface area (Å²) >= 11 is 3.13. The molecule has 3 aromatic rings. The summed E-state index contributed by atoms with van der Waals surface area (Å²) in [4.78, 5) is 17.0. The quantitative estimate of drug-likeness (QED) is 0.748. The molecular formula is C16H11FN2OS2. The molecule has 1 aromatic carbocycles. The van der Waals surface area contributed by atoms with Gasteiger partial charge in [0.15, 0.2) is 0 Å². The number of anilines is 1. The van der Waals surface area contributed by atoms with Gasteiger partial charge in [0.1, 0.15) is 10.8 Å². The Bertz CT molecular complexity index is 855. The van der Waals surface area contributed by atoms with E-state index in [1.54, 1.807) is 17.4 Å². The van der Waals surface area contributed by atoms with Gasteiger partial charge in [0.2, 0.25) is 5.91 Å². The molecule has 0 radical (unpaired) electrons. The average Bonchev–Trinajstić information content (AvgIpc) is 3.17. The molecule has 1 N–H and O–H groups in total. The Morgan fingerprint density at radius 1 is 1.23 bits per heavy atom. The lowest BCUT2D eigenvalue weighted by molar-refractivity contribution is -0.116. The van der Waals surface area contributed by atoms with Crippen LogP contribution < -0.4 is 5.32 Å². The van der Waals surface area contributed by atoms with Crippen molar-refractivity contribution in [1.82, 2.24) is 4.98 Å². The third kappa shape index (κ3) is 2.34. The van der Waals surface area contributed by atoms with Crippen LogP contribution in [0.3, 0.4) is 0 Å². The highest BCUT2D eigenvalue weighted by Crippen LogP contribution is 2.35. The van der Waals surface area contributed by atoms with E-state index in [2.05, 4.69) is 10.3 Å². The average molecular weight is 330 g/mol. The minimum absolute atomic E-state index is 0.0618. The maximum absolute atomic E-state index is 14.4. The van der Waals surface area contributed by atoms with Gasteiger partial charge in [0.25, 0.3) is 0 Å². The number of aromatic nitrogens is 1. The van der Waals surface area contributed by atoms with Crippen LogP contribution in [-0.2, 0) is 11.2 Å². The van der Waals surface area contributed by atoms with Crippen LogP contribution >= 0.6 is 22.7 Å². The summed E-state index contributed by atoms with van der Waals surface area (Å²) in [6.45, 7) is 0. The summed E-state index contributed by atoms with van der Waals surface area (Å²) in [5, 5.41) is 7.49. The number of thiophene rings is 1. The fourth-order valence-electron chi connectivity index (χ4n) is 2.51. The summed E-state index contributed by atoms with van der Waals surface area (Å²) in [6.07, 6.45) is 1.08. The molecule has 0 fully saturated rings. The minimum Gasteiger partial charge on any atom is -0.326 e. The van der Waals surface area contributed by atoms with Gasteiger partial charge in [0, 0.05) is 23.1 Å². The van der Waals surface area contributed by atoms with E-state index in [9.17, 15) is 9.18 Å². The lowest BCUT2D eigenvalue weighted by Crippen LogP contribution is -2.19. The van der Waals surface area contributed by atoms with E-state index >= 15 is 0 Å². The largest absolute Gasteiger partial charge is 0.326 e. The Morgan fingerprint density at radius 3 is 2.95 bits per heavy atom. The molecule has 6 heteroatoms. The second kappa shape index (κ2) is 5.30. The van der Waals surface area contributed by atoms with Crippen molar-refractivity contribution in [3.05, 3.63) is 46.4 Å². The van der Waals surface area contributed by atoms with E-state index in [1.165, 1.54) is 17.4 Å². The topological polar surface area (TPSA) is 42.0 Å². The van der Waals surface area contributed by atoms with E-state index < -0.39 is 0 Å². The summed E-state index contributed by atoms with van der Waals surface area (Å²) in [7, 11) is 0. The Hall–Kier alpha value is -2.05. The maximum Gasteiger partial charge on any atom is 0.224 e. The number of carbonyl (C=O) groups excluding carboxylic acids is 1. The van der Waals surface area contributed by atoms with Crippen LogP contribution in [0.25, 0.3) is 21.1 Å². The van der Waals surface area contributed by atoms with E-state index in [0.29, 0.717) is 29.8 Å². The van der Waals surface area contributed by atoms with Crippen LogP contribution in [0.1, 0.15) is 12.0 Å². The molecule has 0 spiro atoms. The molecule has 22 heavy (non-hydrogen) atoms. The molecule has 0 unspecified atom stereocenters. The number of aryl methyl sites for hydroxylation is 1. The summed E-state index contributed by atoms with van der Waals surface area (Å²) in [6, 6.07) is 7.18. The zero-order valence-corrected chi connectivity index (χ0v) is 13.1. The van der Waals surface area contributed by atoms with Crippen LogP contribution in [-0.4, -0.2) is 10.9 Å². The Balaban J connectivity index is 1.75. The number of nitrogens with one attached hydrogen (secondary N) is 1. The van der Waals surface area contributed by atoms with Crippen LogP contribution in [0.15, 0.2) is 35.0 Å². The summed E-state index contributed by atoms with van der Waals surface area (Å²) in [5.74, 6) is -0.419. The molecule has 4 rings (SSSR count). The second-order valence-electron chi connectivity index (χ2n) is 5.05. The molecule has 1 aliphatic rings. The maximum atomic E-state index is 14.4. The lowest BCUT2D eigenvalue weighted by atomic mass is 9.99. The number of carbonyl (C=O) groups is 1. The van der Waals surface area contributed by atoms with E-state index in [1.807, 2.05) is 22.9 Å². The van der Waals surface area contributed by atoms with E-state index in [4.69, 9.17) is 0 Å². The van der Waals surface area contributed by atoms with Gasteiger partial charge in [-0.1, -0.05) is 6.07 Å². The zero-order chi connectivity index (χ0) is 15.1. The van der Waals surface area contributed by atoms with Crippen molar-refractivity contribution in [3.8, 4) is 21.1 Å². The highest BCUT2D eigenvalue weighted by atomic mass is 32.1. The van der Waals surface area contributed by atoms with E-state index in [-0.39, 0.29) is 11.7 Å². The van der Waals surface area contributed by atoms with Gasteiger partial charge >= 0.3 is 0 Å². The Kier molecular flexibility index (Phi) is 3.28. The fraction of sp³-hybridized carbons (Fsp3) is 0.125. The number of benzene rings is 1. The summed E-state index contributed by atoms with van der Waals surface area (Å²) < 4.78 is 14.4. The Morgan fingerprint density at radius 2 is 2.14 bits per heavy atom. The molecule has 0 bridgehead atoms. The third-order valence-corrected chi connectivity index (χ3v) is 5.48. The first-order chi connectivity index (χ1) is 10.7. The highest BCUT2D eigenvalue weighted by Gasteiger charge is 2.19. The van der Waals surface area contributed by atoms with Crippen LogP contribution in [0.2, 0.25) is 0 Å². The molecular weight excluding hydrogens is 319 g/mol. The number of hydrogen-bond acceptors (Lipinski definition) is 4. The molecule has 0 aliphatic carbocycles. The van der Waals surface area contributed by atoms with Crippen molar-refractivity contribution in [1.29, 1.82) is 0 Å². The zero-order valence-electron chi connectivity index (χ0n) is 11.4. The van der Waals surface area contributed by atoms with Crippen LogP contribution in [0.4, 0.5) is 10.1 Å². The van der Waals surface area contributed by atoms with Crippen molar-refractivity contribution in [2.24, 2.45) is 0 Å². The van der Waals surface area contributed by atoms with Crippen molar-refractivity contribution >= 4 is 34.3 Å². The van der Waals surface area contributed by atoms with Gasteiger partial charge in [-0.25, -0.2) is 9.37 Å². The number of nitrogens with zero attached hydrogens (tertiary/aromatic N) is 1. The van der Waals surface area contributed by atoms with Gasteiger partial charge in [-0.2, -0.15) is 0 Å². The number of rotatable bonds is 2. The van der Waals surface area contributed by atoms with Crippen molar-refractivity contribution in [2.75, 3.05) is 5.32 Å². The second-order valence-corrected chi connectivity index (χ2v) is 6.86. The smallest absolute Gasteiger partial charge is 0.224 e. The number of amides is 1. The van der Waals surface area contributed by atoms with Gasteiger partial charge in [-0.05, 0) is 35.6 Å². The van der Waals surface area contributed by atoms with Gasteiger partial charge < -0.3 is 5.32 Å². The standard InChI is InChI=1S/C16H11FN2OS2/c17-11-7-12-9(3-4-15(20)18-12)6-10(11)13-8-22-16(19-13)14-2-1-5-21-14/h1-2,5-8H,3-4H2,(H,18,20). The van der Waals surface area contributed by atoms with Crippen LogP contribution in [0.5, 0.6) is 0 Å². The first-order valence-electron chi connectivity index (χ1n) is 6.83. The van der Waals surface area contributed by atoms with Gasteiger partial charge in [-0.3, -0.25) is 4.79 Å².